The van der Waals surface area contributed by atoms with Crippen molar-refractivity contribution in [3.05, 3.63) is 21.4 Å². The van der Waals surface area contributed by atoms with Gasteiger partial charge in [0.25, 0.3) is 5.91 Å². The van der Waals surface area contributed by atoms with Crippen molar-refractivity contribution < 1.29 is 14.4 Å². The number of nitrogens with one attached hydrogen (secondary N) is 1. The lowest BCUT2D eigenvalue weighted by atomic mass is 10.1. The van der Waals surface area contributed by atoms with Gasteiger partial charge in [0.15, 0.2) is 6.61 Å². The number of hydrogen-bond donors (Lipinski definition) is 2. The molecule has 0 fully saturated rings. The maximum Gasteiger partial charge on any atom is 0.284 e. The average molecular weight is 270 g/mol. The molecule has 1 aromatic rings. The Morgan fingerprint density at radius 1 is 1.44 bits per heavy atom. The number of hydroxylamine groups is 1. The van der Waals surface area contributed by atoms with Gasteiger partial charge in [0.2, 0.25) is 5.91 Å². The second-order valence-corrected chi connectivity index (χ2v) is 4.99. The van der Waals surface area contributed by atoms with Gasteiger partial charge in [0.1, 0.15) is 0 Å². The summed E-state index contributed by atoms with van der Waals surface area (Å²) in [7, 11) is 0. The summed E-state index contributed by atoms with van der Waals surface area (Å²) >= 11 is 1.47. The molecular formula is C12H18N2O3S. The van der Waals surface area contributed by atoms with Crippen molar-refractivity contribution in [2.75, 3.05) is 6.61 Å². The van der Waals surface area contributed by atoms with Crippen LogP contribution in [0.25, 0.3) is 0 Å². The van der Waals surface area contributed by atoms with Gasteiger partial charge in [-0.25, -0.2) is 5.48 Å². The van der Waals surface area contributed by atoms with Crippen molar-refractivity contribution in [1.29, 1.82) is 0 Å². The fraction of sp³-hybridized carbons (Fsp3) is 0.500. The molecule has 0 saturated carbocycles. The first-order valence-electron chi connectivity index (χ1n) is 5.90. The zero-order valence-electron chi connectivity index (χ0n) is 10.6. The monoisotopic (exact) mass is 270 g/mol. The number of nitrogens with two attached hydrogens (primary N) is 1. The molecule has 0 aliphatic heterocycles. The minimum Gasteiger partial charge on any atom is -0.368 e. The van der Waals surface area contributed by atoms with Crippen LogP contribution in [-0.2, 0) is 22.5 Å². The van der Waals surface area contributed by atoms with E-state index in [4.69, 9.17) is 5.73 Å². The van der Waals surface area contributed by atoms with E-state index in [1.807, 2.05) is 6.07 Å². The summed E-state index contributed by atoms with van der Waals surface area (Å²) in [5.74, 6) is -0.958. The van der Waals surface area contributed by atoms with Crippen molar-refractivity contribution in [2.45, 2.75) is 33.1 Å². The largest absolute Gasteiger partial charge is 0.368 e. The van der Waals surface area contributed by atoms with Gasteiger partial charge in [-0.15, -0.1) is 11.3 Å². The highest BCUT2D eigenvalue weighted by molar-refractivity contribution is 7.14. The number of thiophene rings is 1. The first kappa shape index (κ1) is 14.7. The van der Waals surface area contributed by atoms with Gasteiger partial charge in [-0.05, 0) is 24.5 Å². The van der Waals surface area contributed by atoms with Crippen LogP contribution >= 0.6 is 11.3 Å². The highest BCUT2D eigenvalue weighted by Gasteiger charge is 2.13. The van der Waals surface area contributed by atoms with Crippen molar-refractivity contribution in [3.63, 3.8) is 0 Å². The molecule has 0 bridgehead atoms. The Morgan fingerprint density at radius 2 is 2.17 bits per heavy atom. The van der Waals surface area contributed by atoms with Crippen molar-refractivity contribution in [2.24, 2.45) is 5.73 Å². The van der Waals surface area contributed by atoms with Crippen LogP contribution in [0.2, 0.25) is 0 Å². The van der Waals surface area contributed by atoms with Crippen LogP contribution in [0.3, 0.4) is 0 Å². The molecule has 0 aliphatic carbocycles. The Labute approximate surface area is 110 Å². The third-order valence-corrected chi connectivity index (χ3v) is 3.59. The van der Waals surface area contributed by atoms with Crippen LogP contribution < -0.4 is 11.2 Å². The smallest absolute Gasteiger partial charge is 0.284 e. The van der Waals surface area contributed by atoms with Crippen LogP contribution in [0, 0.1) is 0 Å². The maximum atomic E-state index is 11.7. The van der Waals surface area contributed by atoms with Gasteiger partial charge >= 0.3 is 0 Å². The molecule has 1 rings (SSSR count). The second kappa shape index (κ2) is 7.13. The van der Waals surface area contributed by atoms with Gasteiger partial charge in [0.05, 0.1) is 4.88 Å². The summed E-state index contributed by atoms with van der Waals surface area (Å²) in [4.78, 5) is 28.7. The summed E-state index contributed by atoms with van der Waals surface area (Å²) in [5, 5.41) is 0. The van der Waals surface area contributed by atoms with Crippen LogP contribution in [0.4, 0.5) is 0 Å². The van der Waals surface area contributed by atoms with Crippen LogP contribution in [0.5, 0.6) is 0 Å². The fourth-order valence-electron chi connectivity index (χ4n) is 1.54. The zero-order valence-corrected chi connectivity index (χ0v) is 11.4. The topological polar surface area (TPSA) is 81.4 Å². The predicted octanol–water partition coefficient (Wildman–Crippen LogP) is 1.41. The van der Waals surface area contributed by atoms with Crippen LogP contribution in [0.15, 0.2) is 6.07 Å². The minimum atomic E-state index is -0.623. The average Bonchev–Trinajstić information content (AvgIpc) is 2.72. The van der Waals surface area contributed by atoms with E-state index in [1.165, 1.54) is 21.8 Å². The van der Waals surface area contributed by atoms with E-state index >= 15 is 0 Å². The lowest BCUT2D eigenvalue weighted by Gasteiger charge is -2.01. The standard InChI is InChI=1S/C12H18N2O3S/c1-3-5-9-8(4-2)6-10(18-9)12(16)14-17-7-11(13)15/h6H,3-5,7H2,1-2H3,(H2,13,15)(H,14,16). The maximum absolute atomic E-state index is 11.7. The van der Waals surface area contributed by atoms with Gasteiger partial charge < -0.3 is 5.73 Å². The summed E-state index contributed by atoms with van der Waals surface area (Å²) in [5.41, 5.74) is 8.30. The third-order valence-electron chi connectivity index (χ3n) is 2.36. The molecule has 18 heavy (non-hydrogen) atoms. The molecule has 6 heteroatoms. The number of hydrogen-bond acceptors (Lipinski definition) is 4. The molecule has 0 aliphatic rings. The Balaban J connectivity index is 2.65. The predicted molar refractivity (Wildman–Crippen MR) is 70.3 cm³/mol. The molecule has 5 nitrogen and oxygen atoms in total. The number of carbonyl (C=O) groups is 2. The second-order valence-electron chi connectivity index (χ2n) is 3.85. The molecular weight excluding hydrogens is 252 g/mol. The molecule has 3 N–H and O–H groups in total. The summed E-state index contributed by atoms with van der Waals surface area (Å²) in [6, 6.07) is 1.87. The summed E-state index contributed by atoms with van der Waals surface area (Å²) < 4.78 is 0. The third kappa shape index (κ3) is 4.12. The van der Waals surface area contributed by atoms with Gasteiger partial charge in [-0.3, -0.25) is 14.4 Å². The van der Waals surface area contributed by atoms with Gasteiger partial charge in [-0.1, -0.05) is 20.3 Å². The number of primary amides is 1. The summed E-state index contributed by atoms with van der Waals surface area (Å²) in [6.07, 6.45) is 2.93. The molecule has 0 radical (unpaired) electrons. The minimum absolute atomic E-state index is 0.320. The van der Waals surface area contributed by atoms with E-state index in [1.54, 1.807) is 0 Å². The van der Waals surface area contributed by atoms with Crippen LogP contribution in [0.1, 0.15) is 40.4 Å². The van der Waals surface area contributed by atoms with E-state index in [-0.39, 0.29) is 12.5 Å². The molecule has 0 saturated heterocycles. The van der Waals surface area contributed by atoms with Crippen LogP contribution in [-0.4, -0.2) is 18.4 Å². The van der Waals surface area contributed by atoms with E-state index in [2.05, 4.69) is 24.2 Å². The van der Waals surface area contributed by atoms with Crippen molar-refractivity contribution in [3.8, 4) is 0 Å². The number of aryl methyl sites for hydroxylation is 2. The normalized spacial score (nSPS) is 10.3. The highest BCUT2D eigenvalue weighted by atomic mass is 32.1. The molecule has 1 aromatic heterocycles. The number of carbonyl (C=O) groups excluding carboxylic acids is 2. The van der Waals surface area contributed by atoms with Crippen molar-refractivity contribution >= 4 is 23.2 Å². The Hall–Kier alpha value is -1.40. The zero-order chi connectivity index (χ0) is 13.5. The van der Waals surface area contributed by atoms with E-state index < -0.39 is 5.91 Å². The van der Waals surface area contributed by atoms with Crippen molar-refractivity contribution in [1.82, 2.24) is 5.48 Å². The first-order valence-corrected chi connectivity index (χ1v) is 6.72. The van der Waals surface area contributed by atoms with Gasteiger partial charge in [-0.2, -0.15) is 0 Å². The quantitative estimate of drug-likeness (QED) is 0.735. The molecule has 0 spiro atoms. The number of amides is 2. The molecule has 2 amide bonds. The van der Waals surface area contributed by atoms with E-state index in [0.29, 0.717) is 4.88 Å². The molecule has 0 aromatic carbocycles. The lowest BCUT2D eigenvalue weighted by molar-refractivity contribution is -0.124. The summed E-state index contributed by atoms with van der Waals surface area (Å²) in [6.45, 7) is 3.85. The van der Waals surface area contributed by atoms with Gasteiger partial charge in [0, 0.05) is 4.88 Å². The lowest BCUT2D eigenvalue weighted by Crippen LogP contribution is -2.28. The Bertz CT molecular complexity index is 429. The highest BCUT2D eigenvalue weighted by Crippen LogP contribution is 2.24. The van der Waals surface area contributed by atoms with E-state index in [9.17, 15) is 9.59 Å². The fourth-order valence-corrected chi connectivity index (χ4v) is 2.78. The Morgan fingerprint density at radius 3 is 2.72 bits per heavy atom. The van der Waals surface area contributed by atoms with E-state index in [0.717, 1.165) is 19.3 Å². The molecule has 0 unspecified atom stereocenters. The number of rotatable bonds is 7. The SMILES string of the molecule is CCCc1sc(C(=O)NOCC(N)=O)cc1CC. The Kier molecular flexibility index (Phi) is 5.80. The first-order chi connectivity index (χ1) is 8.58. The molecule has 100 valence electrons. The molecule has 1 heterocycles. The molecule has 0 atom stereocenters.